The third-order valence-electron chi connectivity index (χ3n) is 5.56. The zero-order valence-electron chi connectivity index (χ0n) is 17.5. The molecule has 29 heavy (non-hydrogen) atoms. The van der Waals surface area contributed by atoms with Crippen LogP contribution in [0.4, 0.5) is 5.69 Å². The fourth-order valence-corrected chi connectivity index (χ4v) is 4.02. The van der Waals surface area contributed by atoms with Gasteiger partial charge in [0.15, 0.2) is 6.20 Å². The smallest absolute Gasteiger partial charge is 0.213 e. The van der Waals surface area contributed by atoms with Crippen LogP contribution in [0, 0.1) is 6.92 Å². The Morgan fingerprint density at radius 2 is 1.83 bits per heavy atom. The van der Waals surface area contributed by atoms with Crippen molar-refractivity contribution in [1.29, 1.82) is 0 Å². The second-order valence-corrected chi connectivity index (χ2v) is 7.54. The van der Waals surface area contributed by atoms with Crippen LogP contribution in [0.1, 0.15) is 43.4 Å². The normalized spacial score (nSPS) is 14.2. The van der Waals surface area contributed by atoms with Crippen molar-refractivity contribution in [2.75, 3.05) is 11.4 Å². The summed E-state index contributed by atoms with van der Waals surface area (Å²) < 4.78 is 2.31. The molecular formula is C26H29IN2. The van der Waals surface area contributed by atoms with Crippen molar-refractivity contribution in [1.82, 2.24) is 0 Å². The largest absolute Gasteiger partial charge is 1.00 e. The van der Waals surface area contributed by atoms with Gasteiger partial charge in [-0.05, 0) is 61.7 Å². The van der Waals surface area contributed by atoms with Crippen molar-refractivity contribution in [3.63, 3.8) is 0 Å². The molecule has 1 aromatic heterocycles. The summed E-state index contributed by atoms with van der Waals surface area (Å²) in [5.41, 5.74) is 7.77. The number of anilines is 1. The molecule has 0 amide bonds. The summed E-state index contributed by atoms with van der Waals surface area (Å²) in [4.78, 5) is 2.48. The molecule has 4 rings (SSSR count). The number of unbranched alkanes of at least 4 members (excludes halogenated alkanes) is 1. The molecule has 2 aromatic carbocycles. The number of halogens is 1. The minimum atomic E-state index is 0. The van der Waals surface area contributed by atoms with E-state index < -0.39 is 0 Å². The molecule has 0 fully saturated rings. The summed E-state index contributed by atoms with van der Waals surface area (Å²) in [6, 6.07) is 17.7. The molecule has 0 bridgehead atoms. The molecule has 150 valence electrons. The number of para-hydroxylation sites is 1. The Balaban J connectivity index is 0.00000240. The van der Waals surface area contributed by atoms with Gasteiger partial charge in [0.05, 0.1) is 5.39 Å². The van der Waals surface area contributed by atoms with Gasteiger partial charge in [0, 0.05) is 30.1 Å². The Labute approximate surface area is 191 Å². The number of nitrogens with zero attached hydrogens (tertiary/aromatic N) is 2. The number of hydrogen-bond acceptors (Lipinski definition) is 1. The lowest BCUT2D eigenvalue weighted by atomic mass is 10.0. The number of pyridine rings is 1. The summed E-state index contributed by atoms with van der Waals surface area (Å²) in [6.07, 6.45) is 11.5. The van der Waals surface area contributed by atoms with Gasteiger partial charge in [-0.2, -0.15) is 4.57 Å². The van der Waals surface area contributed by atoms with Crippen LogP contribution < -0.4 is 33.4 Å². The van der Waals surface area contributed by atoms with Crippen molar-refractivity contribution in [2.24, 2.45) is 0 Å². The van der Waals surface area contributed by atoms with E-state index in [0.717, 1.165) is 13.1 Å². The van der Waals surface area contributed by atoms with Crippen LogP contribution in [-0.2, 0) is 6.54 Å². The second-order valence-electron chi connectivity index (χ2n) is 7.54. The summed E-state index contributed by atoms with van der Waals surface area (Å²) >= 11 is 0. The Bertz CT molecular complexity index is 1070. The minimum absolute atomic E-state index is 0. The Hall–Kier alpha value is -2.14. The van der Waals surface area contributed by atoms with Gasteiger partial charge < -0.3 is 28.9 Å². The molecule has 0 radical (unpaired) electrons. The van der Waals surface area contributed by atoms with Crippen LogP contribution in [-0.4, -0.2) is 6.54 Å². The molecule has 0 saturated carbocycles. The maximum atomic E-state index is 2.48. The number of rotatable bonds is 5. The van der Waals surface area contributed by atoms with E-state index in [1.165, 1.54) is 51.8 Å². The average molecular weight is 496 g/mol. The highest BCUT2D eigenvalue weighted by Gasteiger charge is 2.18. The molecule has 0 N–H and O–H groups in total. The number of allylic oxidation sites excluding steroid dienone is 1. The van der Waals surface area contributed by atoms with E-state index in [4.69, 9.17) is 0 Å². The summed E-state index contributed by atoms with van der Waals surface area (Å²) in [7, 11) is 0. The number of aryl methyl sites for hydroxylation is 2. The zero-order valence-corrected chi connectivity index (χ0v) is 19.7. The van der Waals surface area contributed by atoms with Gasteiger partial charge in [0.1, 0.15) is 6.54 Å². The molecule has 3 heteroatoms. The highest BCUT2D eigenvalue weighted by atomic mass is 127. The Morgan fingerprint density at radius 1 is 1.00 bits per heavy atom. The first kappa shape index (κ1) is 21.6. The quantitative estimate of drug-likeness (QED) is 0.389. The highest BCUT2D eigenvalue weighted by Crippen LogP contribution is 2.33. The third kappa shape index (κ3) is 4.40. The maximum Gasteiger partial charge on any atom is 0.213 e. The number of aromatic nitrogens is 1. The first-order chi connectivity index (χ1) is 13.7. The molecule has 0 spiro atoms. The average Bonchev–Trinajstić information content (AvgIpc) is 2.73. The van der Waals surface area contributed by atoms with Gasteiger partial charge in [-0.3, -0.25) is 0 Å². The molecule has 1 aliphatic rings. The molecule has 0 atom stereocenters. The zero-order chi connectivity index (χ0) is 19.5. The van der Waals surface area contributed by atoms with Crippen molar-refractivity contribution in [3.8, 4) is 0 Å². The van der Waals surface area contributed by atoms with E-state index in [2.05, 4.69) is 103 Å². The standard InChI is InChI=1S/C26H29N2.HI/c1-4-6-16-28-23(13-12-22-18-20(3)11-14-25(22)28)19-21-15-17-27(5-2)26-10-8-7-9-24(21)26;/h7-15,17-19H,4-6,16H2,1-3H3;1H/q+1;/p-1. The maximum absolute atomic E-state index is 2.48. The van der Waals surface area contributed by atoms with E-state index in [1.54, 1.807) is 0 Å². The number of hydrogen-bond donors (Lipinski definition) is 0. The first-order valence-corrected chi connectivity index (χ1v) is 10.4. The van der Waals surface area contributed by atoms with Gasteiger partial charge in [-0.15, -0.1) is 0 Å². The molecule has 0 saturated heterocycles. The predicted molar refractivity (Wildman–Crippen MR) is 120 cm³/mol. The summed E-state index contributed by atoms with van der Waals surface area (Å²) in [5, 5.41) is 1.30. The number of fused-ring (bicyclic) bond motifs is 2. The first-order valence-electron chi connectivity index (χ1n) is 10.4. The van der Waals surface area contributed by atoms with Crippen LogP contribution >= 0.6 is 0 Å². The number of benzene rings is 2. The van der Waals surface area contributed by atoms with Gasteiger partial charge in [-0.1, -0.05) is 43.2 Å². The summed E-state index contributed by atoms with van der Waals surface area (Å²) in [6.45, 7) is 8.64. The summed E-state index contributed by atoms with van der Waals surface area (Å²) in [5.74, 6) is 0. The SMILES string of the molecule is CCCCN1/C(=C/c2cc[n+](CC)c3ccccc23)C=Cc2cc(C)ccc21.[I-]. The Kier molecular flexibility index (Phi) is 7.12. The van der Waals surface area contributed by atoms with Crippen molar-refractivity contribution in [2.45, 2.75) is 40.2 Å². The molecule has 3 aromatic rings. The fraction of sp³-hybridized carbons (Fsp3) is 0.269. The molecule has 0 unspecified atom stereocenters. The second kappa shape index (κ2) is 9.57. The van der Waals surface area contributed by atoms with Crippen LogP contribution in [0.2, 0.25) is 0 Å². The predicted octanol–water partition coefficient (Wildman–Crippen LogP) is 3.13. The lowest BCUT2D eigenvalue weighted by molar-refractivity contribution is -0.667. The van der Waals surface area contributed by atoms with Crippen LogP contribution in [0.15, 0.2) is 66.5 Å². The molecule has 1 aliphatic heterocycles. The van der Waals surface area contributed by atoms with E-state index in [1.807, 2.05) is 0 Å². The van der Waals surface area contributed by atoms with Crippen molar-refractivity contribution >= 4 is 28.7 Å². The van der Waals surface area contributed by atoms with Crippen LogP contribution in [0.25, 0.3) is 23.1 Å². The van der Waals surface area contributed by atoms with Gasteiger partial charge in [-0.25, -0.2) is 0 Å². The lowest BCUT2D eigenvalue weighted by Crippen LogP contribution is -3.00. The minimum Gasteiger partial charge on any atom is -1.00 e. The van der Waals surface area contributed by atoms with Crippen molar-refractivity contribution < 1.29 is 28.5 Å². The van der Waals surface area contributed by atoms with E-state index in [-0.39, 0.29) is 24.0 Å². The third-order valence-corrected chi connectivity index (χ3v) is 5.56. The fourth-order valence-electron chi connectivity index (χ4n) is 4.02. The molecule has 0 aliphatic carbocycles. The topological polar surface area (TPSA) is 7.12 Å². The van der Waals surface area contributed by atoms with E-state index in [9.17, 15) is 0 Å². The molecular weight excluding hydrogens is 467 g/mol. The monoisotopic (exact) mass is 496 g/mol. The molecule has 2 heterocycles. The lowest BCUT2D eigenvalue weighted by Gasteiger charge is -2.31. The van der Waals surface area contributed by atoms with Gasteiger partial charge >= 0.3 is 0 Å². The van der Waals surface area contributed by atoms with Gasteiger partial charge in [0.25, 0.3) is 0 Å². The Morgan fingerprint density at radius 3 is 2.62 bits per heavy atom. The van der Waals surface area contributed by atoms with Crippen LogP contribution in [0.3, 0.4) is 0 Å². The van der Waals surface area contributed by atoms with E-state index >= 15 is 0 Å². The van der Waals surface area contributed by atoms with Crippen molar-refractivity contribution in [3.05, 3.63) is 83.2 Å². The highest BCUT2D eigenvalue weighted by molar-refractivity contribution is 5.88. The van der Waals surface area contributed by atoms with Gasteiger partial charge in [0.2, 0.25) is 5.52 Å². The van der Waals surface area contributed by atoms with E-state index in [0.29, 0.717) is 0 Å². The molecule has 2 nitrogen and oxygen atoms in total. The van der Waals surface area contributed by atoms with Crippen LogP contribution in [0.5, 0.6) is 0 Å².